The number of likely N-dealkylation sites (tertiary alicyclic amines) is 1. The van der Waals surface area contributed by atoms with Crippen LogP contribution < -0.4 is 10.1 Å². The molecule has 0 spiro atoms. The van der Waals surface area contributed by atoms with Gasteiger partial charge in [-0.25, -0.2) is 13.8 Å². The number of methoxy groups -OCH3 is 1. The summed E-state index contributed by atoms with van der Waals surface area (Å²) in [5.41, 5.74) is 0.774. The molecule has 2 unspecified atom stereocenters. The summed E-state index contributed by atoms with van der Waals surface area (Å²) in [5, 5.41) is 13.4. The van der Waals surface area contributed by atoms with E-state index in [1.165, 1.54) is 32.6 Å². The van der Waals surface area contributed by atoms with Crippen molar-refractivity contribution in [2.75, 3.05) is 38.7 Å². The Balaban J connectivity index is 1.27. The van der Waals surface area contributed by atoms with Crippen molar-refractivity contribution < 1.29 is 28.2 Å². The Bertz CT molecular complexity index is 1120. The number of halogens is 2. The lowest BCUT2D eigenvalue weighted by atomic mass is 9.94. The van der Waals surface area contributed by atoms with Gasteiger partial charge in [0, 0.05) is 37.5 Å². The van der Waals surface area contributed by atoms with Crippen LogP contribution in [0.4, 0.5) is 14.6 Å². The highest BCUT2D eigenvalue weighted by atomic mass is 19.1. The molecule has 2 N–H and O–H groups in total. The topological polar surface area (TPSA) is 83.9 Å². The highest BCUT2D eigenvalue weighted by molar-refractivity contribution is 5.77. The summed E-state index contributed by atoms with van der Waals surface area (Å²) in [7, 11) is 1.29. The van der Waals surface area contributed by atoms with Crippen LogP contribution in [-0.2, 0) is 28.0 Å². The van der Waals surface area contributed by atoms with E-state index in [1.54, 1.807) is 4.90 Å². The molecule has 3 heterocycles. The van der Waals surface area contributed by atoms with Gasteiger partial charge in [0.1, 0.15) is 17.5 Å². The number of ether oxygens (including phenoxy) is 2. The Morgan fingerprint density at radius 3 is 2.84 bits per heavy atom. The number of aliphatic carboxylic acids is 1. The monoisotopic (exact) mass is 531 g/mol. The summed E-state index contributed by atoms with van der Waals surface area (Å²) in [4.78, 5) is 18.8. The van der Waals surface area contributed by atoms with Gasteiger partial charge in [-0.3, -0.25) is 9.69 Å². The number of benzene rings is 1. The van der Waals surface area contributed by atoms with E-state index in [-0.39, 0.29) is 23.0 Å². The summed E-state index contributed by atoms with van der Waals surface area (Å²) in [6.07, 6.45) is 6.69. The van der Waals surface area contributed by atoms with Crippen molar-refractivity contribution in [3.8, 4) is 5.75 Å². The summed E-state index contributed by atoms with van der Waals surface area (Å²) in [6, 6.07) is 5.62. The number of alkyl halides is 1. The number of aryl methyl sites for hydroxylation is 2. The van der Waals surface area contributed by atoms with E-state index in [4.69, 9.17) is 14.5 Å². The third-order valence-corrected chi connectivity index (χ3v) is 7.42. The molecule has 38 heavy (non-hydrogen) atoms. The van der Waals surface area contributed by atoms with E-state index in [9.17, 15) is 18.7 Å². The Kier molecular flexibility index (Phi) is 9.20. The lowest BCUT2D eigenvalue weighted by Gasteiger charge is -2.27. The Labute approximate surface area is 223 Å². The molecule has 2 aliphatic heterocycles. The van der Waals surface area contributed by atoms with Crippen molar-refractivity contribution in [2.24, 2.45) is 0 Å². The van der Waals surface area contributed by atoms with E-state index in [0.717, 1.165) is 62.6 Å². The molecule has 1 aromatic heterocycles. The molecule has 1 saturated heterocycles. The van der Waals surface area contributed by atoms with Gasteiger partial charge in [-0.2, -0.15) is 0 Å². The van der Waals surface area contributed by atoms with Crippen LogP contribution in [0.3, 0.4) is 0 Å². The number of hydrogen-bond acceptors (Lipinski definition) is 6. The largest absolute Gasteiger partial charge is 0.493 e. The fourth-order valence-corrected chi connectivity index (χ4v) is 5.33. The van der Waals surface area contributed by atoms with Crippen LogP contribution in [0.1, 0.15) is 74.4 Å². The highest BCUT2D eigenvalue weighted by Crippen LogP contribution is 2.38. The van der Waals surface area contributed by atoms with E-state index in [0.29, 0.717) is 26.1 Å². The maximum Gasteiger partial charge on any atom is 0.325 e. The quantitative estimate of drug-likeness (QED) is 0.354. The summed E-state index contributed by atoms with van der Waals surface area (Å²) in [6.45, 7) is 5.09. The molecule has 0 radical (unpaired) electrons. The smallest absolute Gasteiger partial charge is 0.325 e. The fourth-order valence-electron chi connectivity index (χ4n) is 5.33. The molecule has 0 saturated carbocycles. The molecule has 1 fully saturated rings. The molecule has 7 nitrogen and oxygen atoms in total. The lowest BCUT2D eigenvalue weighted by Crippen LogP contribution is -2.34. The van der Waals surface area contributed by atoms with Crippen molar-refractivity contribution in [3.05, 3.63) is 52.5 Å². The average molecular weight is 532 g/mol. The van der Waals surface area contributed by atoms with Crippen molar-refractivity contribution >= 4 is 11.8 Å². The third kappa shape index (κ3) is 6.80. The predicted molar refractivity (Wildman–Crippen MR) is 142 cm³/mol. The third-order valence-electron chi connectivity index (χ3n) is 7.42. The van der Waals surface area contributed by atoms with Crippen molar-refractivity contribution in [1.82, 2.24) is 9.88 Å². The zero-order valence-corrected chi connectivity index (χ0v) is 22.6. The van der Waals surface area contributed by atoms with E-state index >= 15 is 0 Å². The van der Waals surface area contributed by atoms with Crippen LogP contribution in [0.15, 0.2) is 24.3 Å². The van der Waals surface area contributed by atoms with Gasteiger partial charge in [0.05, 0.1) is 13.2 Å². The molecular weight excluding hydrogens is 492 g/mol. The number of pyridine rings is 1. The number of carbonyl (C=O) groups is 1. The second-order valence-electron chi connectivity index (χ2n) is 10.7. The number of hydrogen-bond donors (Lipinski definition) is 2. The number of carboxylic acid groups (broad SMARTS) is 1. The number of nitrogens with zero attached hydrogens (tertiary/aromatic N) is 2. The lowest BCUT2D eigenvalue weighted by molar-refractivity contribution is -0.143. The molecule has 0 aliphatic carbocycles. The normalized spacial score (nSPS) is 18.6. The molecule has 2 aliphatic rings. The SMILES string of the molecule is COc1c(F)cc(C(C)(C)F)cc1C(C(=O)O)N1CCC(OCCCCCc2ccc3c(n2)NCCC3)C1. The minimum Gasteiger partial charge on any atom is -0.493 e. The Morgan fingerprint density at radius 1 is 1.29 bits per heavy atom. The molecule has 1 aromatic carbocycles. The summed E-state index contributed by atoms with van der Waals surface area (Å²) < 4.78 is 40.6. The van der Waals surface area contributed by atoms with E-state index in [2.05, 4.69) is 17.4 Å². The zero-order chi connectivity index (χ0) is 27.3. The first-order valence-corrected chi connectivity index (χ1v) is 13.6. The minimum atomic E-state index is -1.82. The number of anilines is 1. The van der Waals surface area contributed by atoms with E-state index in [1.807, 2.05) is 0 Å². The van der Waals surface area contributed by atoms with Crippen LogP contribution in [0.5, 0.6) is 5.75 Å². The maximum absolute atomic E-state index is 14.7. The predicted octanol–water partition coefficient (Wildman–Crippen LogP) is 5.42. The number of fused-ring (bicyclic) bond motifs is 1. The summed E-state index contributed by atoms with van der Waals surface area (Å²) >= 11 is 0. The molecule has 0 bridgehead atoms. The number of carboxylic acids is 1. The number of aromatic nitrogens is 1. The van der Waals surface area contributed by atoms with E-state index < -0.39 is 23.5 Å². The van der Waals surface area contributed by atoms with Gasteiger partial charge >= 0.3 is 5.97 Å². The van der Waals surface area contributed by atoms with Crippen molar-refractivity contribution in [1.29, 1.82) is 0 Å². The van der Waals surface area contributed by atoms with Crippen LogP contribution in [0, 0.1) is 5.82 Å². The van der Waals surface area contributed by atoms with Gasteiger partial charge in [-0.1, -0.05) is 12.5 Å². The Hall–Kier alpha value is -2.78. The molecule has 4 rings (SSSR count). The van der Waals surface area contributed by atoms with Gasteiger partial charge in [0.2, 0.25) is 0 Å². The Morgan fingerprint density at radius 2 is 2.11 bits per heavy atom. The van der Waals surface area contributed by atoms with Crippen LogP contribution >= 0.6 is 0 Å². The molecule has 9 heteroatoms. The molecular formula is C29H39F2N3O4. The van der Waals surface area contributed by atoms with Crippen LogP contribution in [-0.4, -0.2) is 60.4 Å². The van der Waals surface area contributed by atoms with Crippen LogP contribution in [0.25, 0.3) is 0 Å². The zero-order valence-electron chi connectivity index (χ0n) is 22.6. The average Bonchev–Trinajstić information content (AvgIpc) is 3.33. The van der Waals surface area contributed by atoms with Crippen LogP contribution in [0.2, 0.25) is 0 Å². The molecule has 2 atom stereocenters. The van der Waals surface area contributed by atoms with Gasteiger partial charge in [-0.15, -0.1) is 0 Å². The van der Waals surface area contributed by atoms with Crippen molar-refractivity contribution in [2.45, 2.75) is 76.6 Å². The summed E-state index contributed by atoms with van der Waals surface area (Å²) in [5.74, 6) is -1.05. The minimum absolute atomic E-state index is 0.0749. The van der Waals surface area contributed by atoms with Gasteiger partial charge in [0.15, 0.2) is 11.6 Å². The molecule has 208 valence electrons. The van der Waals surface area contributed by atoms with Gasteiger partial charge < -0.3 is 19.9 Å². The second-order valence-corrected chi connectivity index (χ2v) is 10.7. The van der Waals surface area contributed by atoms with Gasteiger partial charge in [-0.05, 0) is 81.7 Å². The first kappa shape index (κ1) is 28.2. The second kappa shape index (κ2) is 12.4. The molecule has 0 amide bonds. The number of rotatable bonds is 12. The number of nitrogens with one attached hydrogen (secondary N) is 1. The highest BCUT2D eigenvalue weighted by Gasteiger charge is 2.37. The van der Waals surface area contributed by atoms with Gasteiger partial charge in [0.25, 0.3) is 0 Å². The maximum atomic E-state index is 14.7. The fraction of sp³-hybridized carbons (Fsp3) is 0.586. The molecule has 2 aromatic rings. The standard InChI is InChI=1S/C29H39F2N3O4/c1-29(2,31)20-16-23(26(37-3)24(30)17-20)25(28(35)36)34-14-12-22(18-34)38-15-6-4-5-9-21-11-10-19-8-7-13-32-27(19)33-21/h10-11,16-17,22,25H,4-9,12-15,18H2,1-3H3,(H,32,33)(H,35,36). The first-order chi connectivity index (χ1) is 18.2. The number of unbranched alkanes of at least 4 members (excludes halogenated alkanes) is 2. The first-order valence-electron chi connectivity index (χ1n) is 13.6. The van der Waals surface area contributed by atoms with Crippen molar-refractivity contribution in [3.63, 3.8) is 0 Å².